The minimum Gasteiger partial charge on any atom is -0.282 e. The maximum absolute atomic E-state index is 12.5. The van der Waals surface area contributed by atoms with E-state index < -0.39 is 35.3 Å². The number of alkyl halides is 6. The molecule has 0 amide bonds. The lowest BCUT2D eigenvalue weighted by atomic mass is 10.1. The highest BCUT2D eigenvalue weighted by molar-refractivity contribution is 6.65. The predicted octanol–water partition coefficient (Wildman–Crippen LogP) is 2.64. The van der Waals surface area contributed by atoms with Gasteiger partial charge in [0.25, 0.3) is 10.8 Å². The Kier molecular flexibility index (Phi) is 3.43. The van der Waals surface area contributed by atoms with Crippen molar-refractivity contribution in [1.82, 2.24) is 5.06 Å². The first-order valence-corrected chi connectivity index (χ1v) is 4.94. The SMILES string of the molecule is CC(C)(ON1CC1(C(F)(F)F)C(F)(F)F)C(=O)Cl. The zero-order chi connectivity index (χ0) is 14.6. The number of halogens is 7. The van der Waals surface area contributed by atoms with Crippen LogP contribution in [0.25, 0.3) is 0 Å². The van der Waals surface area contributed by atoms with Gasteiger partial charge in [0, 0.05) is 0 Å². The van der Waals surface area contributed by atoms with Crippen molar-refractivity contribution in [1.29, 1.82) is 0 Å². The summed E-state index contributed by atoms with van der Waals surface area (Å²) in [4.78, 5) is 15.2. The van der Waals surface area contributed by atoms with Gasteiger partial charge < -0.3 is 0 Å². The van der Waals surface area contributed by atoms with Crippen molar-refractivity contribution in [3.05, 3.63) is 0 Å². The van der Waals surface area contributed by atoms with Crippen LogP contribution in [0.1, 0.15) is 13.8 Å². The standard InChI is InChI=1S/C8H8ClF6NO2/c1-5(2,4(9)17)18-16-3-6(16,7(10,11)12)8(13,14)15/h3H2,1-2H3. The molecule has 1 unspecified atom stereocenters. The van der Waals surface area contributed by atoms with Crippen molar-refractivity contribution in [3.63, 3.8) is 0 Å². The first-order valence-electron chi connectivity index (χ1n) is 4.56. The second kappa shape index (κ2) is 3.97. The lowest BCUT2D eigenvalue weighted by Gasteiger charge is -2.27. The molecule has 1 rings (SSSR count). The van der Waals surface area contributed by atoms with Crippen molar-refractivity contribution >= 4 is 16.8 Å². The van der Waals surface area contributed by atoms with E-state index in [2.05, 4.69) is 4.84 Å². The Morgan fingerprint density at radius 1 is 1.17 bits per heavy atom. The number of carbonyl (C=O) groups is 1. The van der Waals surface area contributed by atoms with Gasteiger partial charge in [-0.05, 0) is 25.4 Å². The van der Waals surface area contributed by atoms with Crippen LogP contribution < -0.4 is 0 Å². The molecule has 0 aromatic heterocycles. The van der Waals surface area contributed by atoms with E-state index >= 15 is 0 Å². The summed E-state index contributed by atoms with van der Waals surface area (Å²) >= 11 is 5.01. The van der Waals surface area contributed by atoms with Crippen LogP contribution in [-0.2, 0) is 9.63 Å². The second-order valence-electron chi connectivity index (χ2n) is 4.27. The second-order valence-corrected chi connectivity index (χ2v) is 4.61. The number of hydrogen-bond acceptors (Lipinski definition) is 3. The zero-order valence-electron chi connectivity index (χ0n) is 9.12. The van der Waals surface area contributed by atoms with E-state index in [4.69, 9.17) is 11.6 Å². The van der Waals surface area contributed by atoms with Crippen molar-refractivity contribution < 1.29 is 36.0 Å². The van der Waals surface area contributed by atoms with Crippen LogP contribution in [-0.4, -0.2) is 40.3 Å². The predicted molar refractivity (Wildman–Crippen MR) is 47.6 cm³/mol. The van der Waals surface area contributed by atoms with Gasteiger partial charge in [-0.25, -0.2) is 0 Å². The van der Waals surface area contributed by atoms with Crippen LogP contribution in [0.5, 0.6) is 0 Å². The molecule has 3 nitrogen and oxygen atoms in total. The molecule has 18 heavy (non-hydrogen) atoms. The van der Waals surface area contributed by atoms with Crippen molar-refractivity contribution in [2.75, 3.05) is 6.54 Å². The van der Waals surface area contributed by atoms with Crippen LogP contribution in [0.15, 0.2) is 0 Å². The Balaban J connectivity index is 2.95. The minimum atomic E-state index is -5.56. The summed E-state index contributed by atoms with van der Waals surface area (Å²) in [6.07, 6.45) is -11.1. The van der Waals surface area contributed by atoms with E-state index in [1.165, 1.54) is 0 Å². The van der Waals surface area contributed by atoms with Crippen LogP contribution >= 0.6 is 11.6 Å². The van der Waals surface area contributed by atoms with Gasteiger partial charge in [-0.15, -0.1) is 0 Å². The minimum absolute atomic E-state index is 0.326. The fourth-order valence-electron chi connectivity index (χ4n) is 1.22. The average Bonchev–Trinajstić information content (AvgIpc) is 2.76. The summed E-state index contributed by atoms with van der Waals surface area (Å²) in [5, 5.41) is -1.53. The molecular weight excluding hydrogens is 292 g/mol. The lowest BCUT2D eigenvalue weighted by Crippen LogP contribution is -2.51. The molecule has 1 aliphatic heterocycles. The summed E-state index contributed by atoms with van der Waals surface area (Å²) < 4.78 is 74.8. The molecule has 0 saturated carbocycles. The van der Waals surface area contributed by atoms with Gasteiger partial charge in [0.2, 0.25) is 0 Å². The van der Waals surface area contributed by atoms with Gasteiger partial charge in [0.15, 0.2) is 5.60 Å². The van der Waals surface area contributed by atoms with E-state index in [1.54, 1.807) is 0 Å². The van der Waals surface area contributed by atoms with Gasteiger partial charge >= 0.3 is 12.4 Å². The third-order valence-corrected chi connectivity index (χ3v) is 2.90. The third kappa shape index (κ3) is 2.30. The summed E-state index contributed by atoms with van der Waals surface area (Å²) in [6.45, 7) is 0.518. The molecule has 0 bridgehead atoms. The van der Waals surface area contributed by atoms with Gasteiger partial charge in [-0.1, -0.05) is 0 Å². The summed E-state index contributed by atoms with van der Waals surface area (Å²) in [5.41, 5.74) is -6.04. The maximum Gasteiger partial charge on any atom is 0.419 e. The third-order valence-electron chi connectivity index (χ3n) is 2.44. The van der Waals surface area contributed by atoms with E-state index in [-0.39, 0.29) is 5.06 Å². The van der Waals surface area contributed by atoms with E-state index in [0.29, 0.717) is 0 Å². The van der Waals surface area contributed by atoms with Gasteiger partial charge in [0.05, 0.1) is 6.54 Å². The number of rotatable bonds is 3. The first kappa shape index (κ1) is 15.5. The highest BCUT2D eigenvalue weighted by Crippen LogP contribution is 2.57. The zero-order valence-corrected chi connectivity index (χ0v) is 9.87. The quantitative estimate of drug-likeness (QED) is 0.456. The fraction of sp³-hybridized carbons (Fsp3) is 0.875. The Morgan fingerprint density at radius 2 is 1.56 bits per heavy atom. The van der Waals surface area contributed by atoms with E-state index in [9.17, 15) is 31.1 Å². The molecule has 0 N–H and O–H groups in total. The van der Waals surface area contributed by atoms with Crippen LogP contribution in [0.3, 0.4) is 0 Å². The summed E-state index contributed by atoms with van der Waals surface area (Å²) in [6, 6.07) is 0. The van der Waals surface area contributed by atoms with Gasteiger partial charge in [-0.2, -0.15) is 31.4 Å². The Bertz CT molecular complexity index is 350. The van der Waals surface area contributed by atoms with Crippen LogP contribution in [0.2, 0.25) is 0 Å². The molecule has 1 atom stereocenters. The number of hydrogen-bond donors (Lipinski definition) is 0. The molecule has 1 heterocycles. The van der Waals surface area contributed by atoms with Gasteiger partial charge in [0.1, 0.15) is 0 Å². The first-order chi connectivity index (χ1) is 7.76. The smallest absolute Gasteiger partial charge is 0.282 e. The molecule has 1 saturated heterocycles. The molecular formula is C8H8ClF6NO2. The molecule has 1 fully saturated rings. The van der Waals surface area contributed by atoms with Crippen molar-refractivity contribution in [3.8, 4) is 0 Å². The largest absolute Gasteiger partial charge is 0.419 e. The molecule has 10 heteroatoms. The highest BCUT2D eigenvalue weighted by Gasteiger charge is 2.85. The molecule has 0 spiro atoms. The topological polar surface area (TPSA) is 29.3 Å². The number of carbonyl (C=O) groups excluding carboxylic acids is 1. The van der Waals surface area contributed by atoms with E-state index in [0.717, 1.165) is 13.8 Å². The Hall–Kier alpha value is -0.540. The maximum atomic E-state index is 12.5. The molecule has 1 aliphatic rings. The highest BCUT2D eigenvalue weighted by atomic mass is 35.5. The fourth-order valence-corrected chi connectivity index (χ4v) is 1.25. The summed E-state index contributed by atoms with van der Waals surface area (Å²) in [5.74, 6) is 0. The summed E-state index contributed by atoms with van der Waals surface area (Å²) in [7, 11) is 0. The number of hydroxylamine groups is 2. The number of nitrogens with zero attached hydrogens (tertiary/aromatic N) is 1. The van der Waals surface area contributed by atoms with Crippen LogP contribution in [0, 0.1) is 0 Å². The Labute approximate surface area is 103 Å². The molecule has 106 valence electrons. The molecule has 0 aromatic carbocycles. The molecule has 0 aromatic rings. The van der Waals surface area contributed by atoms with Crippen molar-refractivity contribution in [2.45, 2.75) is 37.3 Å². The van der Waals surface area contributed by atoms with Gasteiger partial charge in [-0.3, -0.25) is 9.63 Å². The average molecular weight is 300 g/mol. The monoisotopic (exact) mass is 299 g/mol. The van der Waals surface area contributed by atoms with Crippen LogP contribution in [0.4, 0.5) is 26.3 Å². The molecule has 0 radical (unpaired) electrons. The van der Waals surface area contributed by atoms with Crippen molar-refractivity contribution in [2.24, 2.45) is 0 Å². The van der Waals surface area contributed by atoms with E-state index in [1.807, 2.05) is 0 Å². The molecule has 0 aliphatic carbocycles. The normalized spacial score (nSPS) is 23.9. The lowest BCUT2D eigenvalue weighted by molar-refractivity contribution is -0.316. The Morgan fingerprint density at radius 3 is 1.78 bits per heavy atom.